The van der Waals surface area contributed by atoms with Crippen molar-refractivity contribution in [3.8, 4) is 0 Å². The topological polar surface area (TPSA) is 18.8 Å². The number of anilines is 2. The minimum absolute atomic E-state index is 0.228. The lowest BCUT2D eigenvalue weighted by Crippen LogP contribution is -2.35. The zero-order valence-corrected chi connectivity index (χ0v) is 25.1. The van der Waals surface area contributed by atoms with E-state index in [1.165, 1.54) is 0 Å². The summed E-state index contributed by atoms with van der Waals surface area (Å²) in [6.07, 6.45) is 2.82. The molecule has 4 heteroatoms. The van der Waals surface area contributed by atoms with Crippen LogP contribution >= 0.6 is 11.6 Å². The Kier molecular flexibility index (Phi) is 15.5. The molecule has 1 aliphatic heterocycles. The van der Waals surface area contributed by atoms with Crippen LogP contribution in [0.4, 0.5) is 17.1 Å². The van der Waals surface area contributed by atoms with Crippen molar-refractivity contribution in [3.63, 3.8) is 0 Å². The molecule has 0 amide bonds. The van der Waals surface area contributed by atoms with Gasteiger partial charge in [0.2, 0.25) is 0 Å². The van der Waals surface area contributed by atoms with Crippen LogP contribution in [0.2, 0.25) is 5.02 Å². The highest BCUT2D eigenvalue weighted by molar-refractivity contribution is 6.30. The van der Waals surface area contributed by atoms with Gasteiger partial charge in [0.1, 0.15) is 5.84 Å². The van der Waals surface area contributed by atoms with Gasteiger partial charge in [-0.15, -0.1) is 6.58 Å². The molecule has 2 aromatic carbocycles. The molecular formula is C32H48ClN3. The molecule has 0 saturated carbocycles. The van der Waals surface area contributed by atoms with Gasteiger partial charge < -0.3 is 4.90 Å². The Morgan fingerprint density at radius 1 is 1.03 bits per heavy atom. The molecule has 0 radical (unpaired) electrons. The Morgan fingerprint density at radius 3 is 2.06 bits per heavy atom. The molecule has 36 heavy (non-hydrogen) atoms. The van der Waals surface area contributed by atoms with E-state index in [-0.39, 0.29) is 5.92 Å². The quantitative estimate of drug-likeness (QED) is 0.345. The number of fused-ring (bicyclic) bond motifs is 1. The van der Waals surface area contributed by atoms with Gasteiger partial charge in [-0.3, -0.25) is 4.90 Å². The molecule has 2 aromatic rings. The van der Waals surface area contributed by atoms with E-state index < -0.39 is 0 Å². The van der Waals surface area contributed by atoms with Crippen LogP contribution in [0.1, 0.15) is 79.9 Å². The van der Waals surface area contributed by atoms with Crippen molar-refractivity contribution in [2.45, 2.75) is 75.7 Å². The van der Waals surface area contributed by atoms with Crippen molar-refractivity contribution in [1.82, 2.24) is 0 Å². The van der Waals surface area contributed by atoms with Gasteiger partial charge >= 0.3 is 0 Å². The maximum Gasteiger partial charge on any atom is 0.116 e. The highest BCUT2D eigenvalue weighted by Crippen LogP contribution is 2.43. The first-order chi connectivity index (χ1) is 17.3. The van der Waals surface area contributed by atoms with Crippen LogP contribution in [-0.2, 0) is 0 Å². The number of halogens is 1. The van der Waals surface area contributed by atoms with Crippen molar-refractivity contribution < 1.29 is 0 Å². The minimum Gasteiger partial charge on any atom is -0.345 e. The summed E-state index contributed by atoms with van der Waals surface area (Å²) in [6, 6.07) is 12.1. The van der Waals surface area contributed by atoms with Gasteiger partial charge in [-0.05, 0) is 62.2 Å². The summed E-state index contributed by atoms with van der Waals surface area (Å²) < 4.78 is 0. The number of amidine groups is 1. The van der Waals surface area contributed by atoms with E-state index in [4.69, 9.17) is 16.6 Å². The zero-order chi connectivity index (χ0) is 28.0. The molecule has 1 heterocycles. The molecular weight excluding hydrogens is 462 g/mol. The number of nitrogens with zero attached hydrogens (tertiary/aromatic N) is 3. The summed E-state index contributed by atoms with van der Waals surface area (Å²) in [4.78, 5) is 9.50. The van der Waals surface area contributed by atoms with E-state index in [1.807, 2.05) is 78.8 Å². The lowest BCUT2D eigenvalue weighted by Gasteiger charge is -2.36. The average molecular weight is 510 g/mol. The number of rotatable bonds is 7. The van der Waals surface area contributed by atoms with Crippen molar-refractivity contribution >= 4 is 40.2 Å². The fourth-order valence-corrected chi connectivity index (χ4v) is 3.91. The molecule has 0 aromatic heterocycles. The summed E-state index contributed by atoms with van der Waals surface area (Å²) in [5.74, 6) is 1.20. The Hall–Kier alpha value is -2.78. The van der Waals surface area contributed by atoms with E-state index in [0.29, 0.717) is 5.02 Å². The predicted octanol–water partition coefficient (Wildman–Crippen LogP) is 10.8. The maximum atomic E-state index is 6.11. The Labute approximate surface area is 226 Å². The summed E-state index contributed by atoms with van der Waals surface area (Å²) in [6.45, 7) is 33.8. The number of benzene rings is 2. The van der Waals surface area contributed by atoms with Crippen LogP contribution in [0.5, 0.6) is 0 Å². The van der Waals surface area contributed by atoms with E-state index in [0.717, 1.165) is 58.4 Å². The number of hydrogen-bond acceptors (Lipinski definition) is 3. The van der Waals surface area contributed by atoms with Crippen molar-refractivity contribution in [1.29, 1.82) is 0 Å². The molecule has 3 nitrogen and oxygen atoms in total. The second-order valence-electron chi connectivity index (χ2n) is 7.95. The molecule has 0 fully saturated rings. The summed E-state index contributed by atoms with van der Waals surface area (Å²) in [5.41, 5.74) is 7.23. The van der Waals surface area contributed by atoms with Crippen LogP contribution in [0.3, 0.4) is 0 Å². The van der Waals surface area contributed by atoms with Crippen LogP contribution in [0, 0.1) is 12.8 Å². The first-order valence-corrected chi connectivity index (χ1v) is 13.6. The fourth-order valence-electron chi connectivity index (χ4n) is 3.79. The lowest BCUT2D eigenvalue weighted by atomic mass is 9.98. The Morgan fingerprint density at radius 2 is 1.58 bits per heavy atom. The molecule has 0 aliphatic carbocycles. The summed E-state index contributed by atoms with van der Waals surface area (Å²) >= 11 is 6.11. The van der Waals surface area contributed by atoms with Crippen LogP contribution in [-0.4, -0.2) is 12.4 Å². The van der Waals surface area contributed by atoms with Crippen molar-refractivity contribution in [2.75, 3.05) is 16.3 Å². The lowest BCUT2D eigenvalue weighted by molar-refractivity contribution is 0.861. The van der Waals surface area contributed by atoms with Gasteiger partial charge in [-0.1, -0.05) is 86.2 Å². The third-order valence-corrected chi connectivity index (χ3v) is 5.60. The smallest absolute Gasteiger partial charge is 0.116 e. The normalized spacial score (nSPS) is 11.5. The van der Waals surface area contributed by atoms with E-state index in [1.54, 1.807) is 0 Å². The van der Waals surface area contributed by atoms with E-state index in [2.05, 4.69) is 62.4 Å². The molecule has 0 N–H and O–H groups in total. The zero-order valence-electron chi connectivity index (χ0n) is 24.4. The molecule has 3 rings (SSSR count). The number of allylic oxidation sites excluding steroid dienone is 1. The van der Waals surface area contributed by atoms with Gasteiger partial charge in [0, 0.05) is 45.8 Å². The van der Waals surface area contributed by atoms with Gasteiger partial charge in [-0.25, -0.2) is 4.99 Å². The molecule has 0 atom stereocenters. The third kappa shape index (κ3) is 7.86. The fraction of sp³-hybridized carbons (Fsp3) is 0.406. The van der Waals surface area contributed by atoms with Crippen molar-refractivity contribution in [2.24, 2.45) is 10.9 Å². The Balaban J connectivity index is 0.00000190. The summed E-state index contributed by atoms with van der Waals surface area (Å²) in [7, 11) is 0. The molecule has 0 saturated heterocycles. The molecule has 0 unspecified atom stereocenters. The first-order valence-electron chi connectivity index (χ1n) is 13.3. The van der Waals surface area contributed by atoms with Gasteiger partial charge in [0.05, 0.1) is 5.69 Å². The Bertz CT molecular complexity index is 1020. The molecule has 0 bridgehead atoms. The van der Waals surface area contributed by atoms with Gasteiger partial charge in [-0.2, -0.15) is 0 Å². The number of aliphatic imine (C=N–C) groups is 1. The highest BCUT2D eigenvalue weighted by Gasteiger charge is 2.29. The SMILES string of the molecule is C=CCCN(C(=C)C)c1ccc2c(c1C)N=C(C(C)C)N(c1ccc(Cl)cc1)C2=C.CC.CC.CC. The number of hydrogen-bond donors (Lipinski definition) is 0. The largest absolute Gasteiger partial charge is 0.345 e. The highest BCUT2D eigenvalue weighted by atomic mass is 35.5. The van der Waals surface area contributed by atoms with Crippen LogP contribution < -0.4 is 9.80 Å². The molecule has 1 aliphatic rings. The molecule has 198 valence electrons. The second-order valence-corrected chi connectivity index (χ2v) is 8.39. The average Bonchev–Trinajstić information content (AvgIpc) is 2.89. The third-order valence-electron chi connectivity index (χ3n) is 5.35. The first kappa shape index (κ1) is 33.2. The van der Waals surface area contributed by atoms with E-state index >= 15 is 0 Å². The predicted molar refractivity (Wildman–Crippen MR) is 167 cm³/mol. The van der Waals surface area contributed by atoms with Gasteiger partial charge in [0.15, 0.2) is 0 Å². The van der Waals surface area contributed by atoms with Crippen LogP contribution in [0.15, 0.2) is 72.9 Å². The van der Waals surface area contributed by atoms with Gasteiger partial charge in [0.25, 0.3) is 0 Å². The standard InChI is InChI=1S/C26H30ClN3.3C2H6/c1-8-9-16-29(18(4)5)24-15-14-23-20(7)30(22-12-10-21(27)11-13-22)26(17(2)3)28-25(23)19(24)6;3*1-2/h8,10-15,17H,1,4,7,9,16H2,2-3,5-6H3;3*1-2H3. The summed E-state index contributed by atoms with van der Waals surface area (Å²) in [5, 5.41) is 0.713. The van der Waals surface area contributed by atoms with E-state index in [9.17, 15) is 0 Å². The molecule has 0 spiro atoms. The maximum absolute atomic E-state index is 6.11. The second kappa shape index (κ2) is 16.8. The monoisotopic (exact) mass is 509 g/mol. The van der Waals surface area contributed by atoms with Crippen LogP contribution in [0.25, 0.3) is 5.70 Å². The minimum atomic E-state index is 0.228. The van der Waals surface area contributed by atoms with Crippen molar-refractivity contribution in [3.05, 3.63) is 84.1 Å².